The van der Waals surface area contributed by atoms with E-state index in [4.69, 9.17) is 11.6 Å². The van der Waals surface area contributed by atoms with E-state index in [1.54, 1.807) is 18.3 Å². The van der Waals surface area contributed by atoms with Gasteiger partial charge in [0.1, 0.15) is 0 Å². The second-order valence-electron chi connectivity index (χ2n) is 4.53. The molecule has 0 aliphatic carbocycles. The number of nitrogens with one attached hydrogen (secondary N) is 2. The van der Waals surface area contributed by atoms with Gasteiger partial charge in [-0.15, -0.1) is 0 Å². The van der Waals surface area contributed by atoms with E-state index < -0.39 is 22.0 Å². The number of carbonyl (C=O) groups excluding carboxylic acids is 1. The molecule has 2 N–H and O–H groups in total. The lowest BCUT2D eigenvalue weighted by molar-refractivity contribution is -0.117. The Morgan fingerprint density at radius 1 is 1.23 bits per heavy atom. The third-order valence-corrected chi connectivity index (χ3v) is 4.59. The van der Waals surface area contributed by atoms with E-state index in [9.17, 15) is 13.2 Å². The van der Waals surface area contributed by atoms with Crippen molar-refractivity contribution in [1.29, 1.82) is 0 Å². The summed E-state index contributed by atoms with van der Waals surface area (Å²) in [4.78, 5) is 15.9. The van der Waals surface area contributed by atoms with Gasteiger partial charge in [0.05, 0.1) is 22.8 Å². The standard InChI is InChI=1S/C14H14ClN3O3S/c1-10(14(19)17-12-3-2-8-16-9-12)18-22(20,21)13-6-4-11(15)5-7-13/h2-10,18H,1H3,(H,17,19). The quantitative estimate of drug-likeness (QED) is 0.872. The summed E-state index contributed by atoms with van der Waals surface area (Å²) in [6.07, 6.45) is 3.04. The Hall–Kier alpha value is -1.96. The average Bonchev–Trinajstić information content (AvgIpc) is 2.48. The second kappa shape index (κ2) is 6.87. The van der Waals surface area contributed by atoms with Crippen LogP contribution in [0.5, 0.6) is 0 Å². The van der Waals surface area contributed by atoms with Crippen LogP contribution in [0.3, 0.4) is 0 Å². The van der Waals surface area contributed by atoms with Crippen LogP contribution in [0.1, 0.15) is 6.92 Å². The first-order chi connectivity index (χ1) is 10.4. The summed E-state index contributed by atoms with van der Waals surface area (Å²) < 4.78 is 26.6. The number of carbonyl (C=O) groups is 1. The van der Waals surface area contributed by atoms with Gasteiger partial charge in [-0.2, -0.15) is 4.72 Å². The van der Waals surface area contributed by atoms with Crippen LogP contribution >= 0.6 is 11.6 Å². The maximum Gasteiger partial charge on any atom is 0.242 e. The molecule has 1 aromatic heterocycles. The maximum atomic E-state index is 12.2. The van der Waals surface area contributed by atoms with Crippen LogP contribution in [0, 0.1) is 0 Å². The van der Waals surface area contributed by atoms with Crippen LogP contribution in [-0.2, 0) is 14.8 Å². The van der Waals surface area contributed by atoms with Gasteiger partial charge in [0.2, 0.25) is 15.9 Å². The zero-order valence-corrected chi connectivity index (χ0v) is 13.2. The molecule has 1 amide bonds. The summed E-state index contributed by atoms with van der Waals surface area (Å²) in [6.45, 7) is 1.46. The van der Waals surface area contributed by atoms with Crippen molar-refractivity contribution < 1.29 is 13.2 Å². The molecule has 0 aliphatic heterocycles. The summed E-state index contributed by atoms with van der Waals surface area (Å²) in [7, 11) is -3.80. The third-order valence-electron chi connectivity index (χ3n) is 2.78. The van der Waals surface area contributed by atoms with Crippen LogP contribution in [0.25, 0.3) is 0 Å². The normalized spacial score (nSPS) is 12.6. The van der Waals surface area contributed by atoms with E-state index in [2.05, 4.69) is 15.0 Å². The molecule has 6 nitrogen and oxygen atoms in total. The summed E-state index contributed by atoms with van der Waals surface area (Å²) in [5, 5.41) is 3.01. The largest absolute Gasteiger partial charge is 0.323 e. The molecule has 0 aliphatic rings. The van der Waals surface area contributed by atoms with Crippen molar-refractivity contribution in [3.05, 3.63) is 53.8 Å². The zero-order valence-electron chi connectivity index (χ0n) is 11.7. The number of anilines is 1. The molecule has 1 unspecified atom stereocenters. The van der Waals surface area contributed by atoms with Crippen LogP contribution in [-0.4, -0.2) is 25.4 Å². The molecule has 0 saturated heterocycles. The number of pyridine rings is 1. The minimum absolute atomic E-state index is 0.0397. The molecule has 0 saturated carbocycles. The van der Waals surface area contributed by atoms with Crippen molar-refractivity contribution in [3.63, 3.8) is 0 Å². The number of halogens is 1. The van der Waals surface area contributed by atoms with E-state index in [0.29, 0.717) is 10.7 Å². The molecule has 1 aromatic carbocycles. The van der Waals surface area contributed by atoms with E-state index in [0.717, 1.165) is 0 Å². The summed E-state index contributed by atoms with van der Waals surface area (Å²) in [5.74, 6) is -0.481. The van der Waals surface area contributed by atoms with Gasteiger partial charge in [0, 0.05) is 11.2 Å². The molecule has 0 spiro atoms. The van der Waals surface area contributed by atoms with E-state index in [1.807, 2.05) is 0 Å². The number of benzene rings is 1. The highest BCUT2D eigenvalue weighted by Crippen LogP contribution is 2.14. The third kappa shape index (κ3) is 4.27. The molecular formula is C14H14ClN3O3S. The predicted octanol–water partition coefficient (Wildman–Crippen LogP) is 2.04. The van der Waals surface area contributed by atoms with Gasteiger partial charge in [-0.25, -0.2) is 8.42 Å². The smallest absolute Gasteiger partial charge is 0.242 e. The Morgan fingerprint density at radius 3 is 2.50 bits per heavy atom. The Bertz CT molecular complexity index is 749. The van der Waals surface area contributed by atoms with Crippen LogP contribution in [0.15, 0.2) is 53.7 Å². The first kappa shape index (κ1) is 16.4. The van der Waals surface area contributed by atoms with Gasteiger partial charge in [0.15, 0.2) is 0 Å². The molecule has 0 radical (unpaired) electrons. The van der Waals surface area contributed by atoms with Crippen molar-refractivity contribution in [3.8, 4) is 0 Å². The summed E-state index contributed by atoms with van der Waals surface area (Å²) in [5.41, 5.74) is 0.491. The fraction of sp³-hybridized carbons (Fsp3) is 0.143. The number of hydrogen-bond acceptors (Lipinski definition) is 4. The minimum atomic E-state index is -3.80. The Balaban J connectivity index is 2.05. The highest BCUT2D eigenvalue weighted by molar-refractivity contribution is 7.89. The molecule has 0 fully saturated rings. The number of sulfonamides is 1. The average molecular weight is 340 g/mol. The first-order valence-electron chi connectivity index (χ1n) is 6.37. The highest BCUT2D eigenvalue weighted by atomic mass is 35.5. The molecule has 1 heterocycles. The lowest BCUT2D eigenvalue weighted by Crippen LogP contribution is -2.41. The SMILES string of the molecule is CC(NS(=O)(=O)c1ccc(Cl)cc1)C(=O)Nc1cccnc1. The van der Waals surface area contributed by atoms with E-state index >= 15 is 0 Å². The van der Waals surface area contributed by atoms with Gasteiger partial charge in [-0.05, 0) is 43.3 Å². The maximum absolute atomic E-state index is 12.2. The van der Waals surface area contributed by atoms with Gasteiger partial charge in [0.25, 0.3) is 0 Å². The molecule has 2 aromatic rings. The molecule has 22 heavy (non-hydrogen) atoms. The van der Waals surface area contributed by atoms with Gasteiger partial charge < -0.3 is 5.32 Å². The van der Waals surface area contributed by atoms with Crippen molar-refractivity contribution in [2.24, 2.45) is 0 Å². The highest BCUT2D eigenvalue weighted by Gasteiger charge is 2.22. The Labute approximate surface area is 133 Å². The summed E-state index contributed by atoms with van der Waals surface area (Å²) in [6, 6.07) is 8.06. The number of aromatic nitrogens is 1. The summed E-state index contributed by atoms with van der Waals surface area (Å²) >= 11 is 5.72. The van der Waals surface area contributed by atoms with Gasteiger partial charge >= 0.3 is 0 Å². The van der Waals surface area contributed by atoms with E-state index in [1.165, 1.54) is 37.4 Å². The lowest BCUT2D eigenvalue weighted by Gasteiger charge is -2.14. The number of amides is 1. The van der Waals surface area contributed by atoms with Crippen LogP contribution in [0.4, 0.5) is 5.69 Å². The number of hydrogen-bond donors (Lipinski definition) is 2. The Kier molecular flexibility index (Phi) is 5.12. The monoisotopic (exact) mass is 339 g/mol. The van der Waals surface area contributed by atoms with Gasteiger partial charge in [-0.3, -0.25) is 9.78 Å². The van der Waals surface area contributed by atoms with Crippen molar-refractivity contribution in [1.82, 2.24) is 9.71 Å². The minimum Gasteiger partial charge on any atom is -0.323 e. The number of nitrogens with zero attached hydrogens (tertiary/aromatic N) is 1. The fourth-order valence-electron chi connectivity index (χ4n) is 1.66. The van der Waals surface area contributed by atoms with Crippen LogP contribution < -0.4 is 10.0 Å². The second-order valence-corrected chi connectivity index (χ2v) is 6.68. The molecule has 2 rings (SSSR count). The molecule has 0 bridgehead atoms. The molecular weight excluding hydrogens is 326 g/mol. The van der Waals surface area contributed by atoms with Gasteiger partial charge in [-0.1, -0.05) is 11.6 Å². The number of rotatable bonds is 5. The van der Waals surface area contributed by atoms with Crippen molar-refractivity contribution in [2.45, 2.75) is 17.9 Å². The predicted molar refractivity (Wildman–Crippen MR) is 84.1 cm³/mol. The first-order valence-corrected chi connectivity index (χ1v) is 8.23. The molecule has 116 valence electrons. The topological polar surface area (TPSA) is 88.2 Å². The lowest BCUT2D eigenvalue weighted by atomic mass is 10.3. The van der Waals surface area contributed by atoms with E-state index in [-0.39, 0.29) is 4.90 Å². The fourth-order valence-corrected chi connectivity index (χ4v) is 2.98. The van der Waals surface area contributed by atoms with Crippen LogP contribution in [0.2, 0.25) is 5.02 Å². The van der Waals surface area contributed by atoms with Crippen molar-refractivity contribution >= 4 is 33.2 Å². The molecule has 1 atom stereocenters. The zero-order chi connectivity index (χ0) is 16.2. The molecule has 8 heteroatoms. The van der Waals surface area contributed by atoms with Crippen molar-refractivity contribution in [2.75, 3.05) is 5.32 Å². The Morgan fingerprint density at radius 2 is 1.91 bits per heavy atom.